The number of nitro groups is 1. The van der Waals surface area contributed by atoms with Crippen LogP contribution in [0.5, 0.6) is 0 Å². The molecular weight excluding hydrogens is 463 g/mol. The summed E-state index contributed by atoms with van der Waals surface area (Å²) < 4.78 is 1.25. The minimum absolute atomic E-state index is 0.0384. The number of azo groups is 1. The third-order valence-corrected chi connectivity index (χ3v) is 5.61. The third-order valence-electron chi connectivity index (χ3n) is 4.24. The summed E-state index contributed by atoms with van der Waals surface area (Å²) in [5.74, 6) is 0. The lowest BCUT2D eigenvalue weighted by molar-refractivity contribution is -0.384. The van der Waals surface area contributed by atoms with Gasteiger partial charge in [0, 0.05) is 28.1 Å². The lowest BCUT2D eigenvalue weighted by atomic mass is 10.1. The fourth-order valence-electron chi connectivity index (χ4n) is 2.73. The zero-order valence-corrected chi connectivity index (χ0v) is 18.1. The van der Waals surface area contributed by atoms with E-state index in [1.807, 2.05) is 0 Å². The maximum Gasteiger partial charge on any atom is 0.301 e. The molecule has 12 heteroatoms. The van der Waals surface area contributed by atoms with Gasteiger partial charge in [0.05, 0.1) is 21.3 Å². The van der Waals surface area contributed by atoms with Crippen LogP contribution in [0.25, 0.3) is 16.4 Å². The highest BCUT2D eigenvalue weighted by Gasteiger charge is 2.16. The van der Waals surface area contributed by atoms with E-state index in [-0.39, 0.29) is 11.4 Å². The fraction of sp³-hybridized carbons (Fsp3) is 0.0526. The Kier molecular flexibility index (Phi) is 5.68. The number of thiazole rings is 1. The number of nitro benzene ring substituents is 1. The molecule has 0 atom stereocenters. The zero-order chi connectivity index (χ0) is 22.1. The molecule has 2 aromatic carbocycles. The molecule has 4 rings (SSSR count). The Bertz CT molecular complexity index is 1390. The second kappa shape index (κ2) is 8.42. The minimum Gasteiger partial charge on any atom is -0.291 e. The molecule has 1 N–H and O–H groups in total. The first-order valence-electron chi connectivity index (χ1n) is 8.72. The molecule has 0 bridgehead atoms. The molecule has 0 aliphatic carbocycles. The molecule has 156 valence electrons. The Labute approximate surface area is 188 Å². The molecule has 2 aromatic heterocycles. The highest BCUT2D eigenvalue weighted by Crippen LogP contribution is 2.30. The number of aromatic amines is 1. The van der Waals surface area contributed by atoms with Gasteiger partial charge in [-0.25, -0.2) is 4.98 Å². The molecule has 0 aliphatic rings. The van der Waals surface area contributed by atoms with Crippen LogP contribution in [0.15, 0.2) is 62.9 Å². The molecule has 0 unspecified atom stereocenters. The molecule has 31 heavy (non-hydrogen) atoms. The Balaban J connectivity index is 1.67. The van der Waals surface area contributed by atoms with E-state index in [2.05, 4.69) is 20.3 Å². The maximum atomic E-state index is 12.8. The number of hydrogen-bond donors (Lipinski definition) is 1. The SMILES string of the molecule is Cc1[nH]n(-c2nc(-c3cccc([N+](=O)[O-])c3)cs2)c(=O)c1N=Nc1ccc(Cl)cc1Cl. The zero-order valence-electron chi connectivity index (χ0n) is 15.7. The lowest BCUT2D eigenvalue weighted by Crippen LogP contribution is -2.13. The van der Waals surface area contributed by atoms with E-state index < -0.39 is 10.5 Å². The Hall–Kier alpha value is -3.34. The van der Waals surface area contributed by atoms with Crippen LogP contribution in [-0.4, -0.2) is 19.7 Å². The first kappa shape index (κ1) is 20.9. The number of non-ortho nitro benzene ring substituents is 1. The van der Waals surface area contributed by atoms with E-state index in [4.69, 9.17) is 23.2 Å². The third kappa shape index (κ3) is 4.26. The van der Waals surface area contributed by atoms with Gasteiger partial charge in [-0.1, -0.05) is 35.3 Å². The lowest BCUT2D eigenvalue weighted by Gasteiger charge is -1.97. The number of hydrogen-bond acceptors (Lipinski definition) is 7. The van der Waals surface area contributed by atoms with Crippen molar-refractivity contribution in [2.75, 3.05) is 0 Å². The van der Waals surface area contributed by atoms with Crippen LogP contribution in [0.4, 0.5) is 17.1 Å². The summed E-state index contributed by atoms with van der Waals surface area (Å²) in [6.07, 6.45) is 0. The predicted octanol–water partition coefficient (Wildman–Crippen LogP) is 6.23. The molecule has 0 fully saturated rings. The topological polar surface area (TPSA) is 119 Å². The number of halogens is 2. The molecule has 0 aliphatic heterocycles. The van der Waals surface area contributed by atoms with Crippen molar-refractivity contribution in [1.82, 2.24) is 14.8 Å². The van der Waals surface area contributed by atoms with Gasteiger partial charge < -0.3 is 0 Å². The number of nitrogens with zero attached hydrogens (tertiary/aromatic N) is 5. The average Bonchev–Trinajstić information content (AvgIpc) is 3.33. The van der Waals surface area contributed by atoms with E-state index in [1.165, 1.54) is 34.2 Å². The summed E-state index contributed by atoms with van der Waals surface area (Å²) in [6, 6.07) is 10.9. The first-order valence-corrected chi connectivity index (χ1v) is 10.4. The van der Waals surface area contributed by atoms with Gasteiger partial charge in [0.25, 0.3) is 5.69 Å². The molecule has 0 spiro atoms. The van der Waals surface area contributed by atoms with Crippen LogP contribution >= 0.6 is 34.5 Å². The van der Waals surface area contributed by atoms with Crippen LogP contribution in [-0.2, 0) is 0 Å². The molecule has 2 heterocycles. The Morgan fingerprint density at radius 3 is 2.74 bits per heavy atom. The molecule has 0 saturated carbocycles. The summed E-state index contributed by atoms with van der Waals surface area (Å²) in [5.41, 5.74) is 1.59. The van der Waals surface area contributed by atoms with Crippen molar-refractivity contribution in [1.29, 1.82) is 0 Å². The van der Waals surface area contributed by atoms with Crippen molar-refractivity contribution in [3.05, 3.63) is 84.1 Å². The van der Waals surface area contributed by atoms with Crippen LogP contribution in [0, 0.1) is 17.0 Å². The first-order chi connectivity index (χ1) is 14.8. The number of aryl methyl sites for hydroxylation is 1. The maximum absolute atomic E-state index is 12.8. The van der Waals surface area contributed by atoms with Crippen LogP contribution in [0.1, 0.15) is 5.69 Å². The number of nitrogens with one attached hydrogen (secondary N) is 1. The number of H-pyrrole nitrogens is 1. The number of rotatable bonds is 5. The molecular formula is C19H12Cl2N6O3S. The average molecular weight is 475 g/mol. The summed E-state index contributed by atoms with van der Waals surface area (Å²) in [5, 5.41) is 24.9. The summed E-state index contributed by atoms with van der Waals surface area (Å²) in [7, 11) is 0. The van der Waals surface area contributed by atoms with Gasteiger partial charge in [0.1, 0.15) is 5.69 Å². The van der Waals surface area contributed by atoms with Gasteiger partial charge in [0.15, 0.2) is 5.69 Å². The number of aromatic nitrogens is 3. The highest BCUT2D eigenvalue weighted by atomic mass is 35.5. The summed E-state index contributed by atoms with van der Waals surface area (Å²) in [4.78, 5) is 27.8. The van der Waals surface area contributed by atoms with Gasteiger partial charge in [-0.05, 0) is 25.1 Å². The largest absolute Gasteiger partial charge is 0.301 e. The second-order valence-corrected chi connectivity index (χ2v) is 8.02. The molecule has 0 radical (unpaired) electrons. The van der Waals surface area contributed by atoms with E-state index in [0.29, 0.717) is 37.8 Å². The van der Waals surface area contributed by atoms with Gasteiger partial charge in [-0.15, -0.1) is 21.6 Å². The Morgan fingerprint density at radius 2 is 2.00 bits per heavy atom. The van der Waals surface area contributed by atoms with Crippen molar-refractivity contribution in [3.8, 4) is 16.4 Å². The predicted molar refractivity (Wildman–Crippen MR) is 120 cm³/mol. The highest BCUT2D eigenvalue weighted by molar-refractivity contribution is 7.12. The fourth-order valence-corrected chi connectivity index (χ4v) is 3.97. The Morgan fingerprint density at radius 1 is 1.19 bits per heavy atom. The monoisotopic (exact) mass is 474 g/mol. The van der Waals surface area contributed by atoms with Crippen LogP contribution in [0.2, 0.25) is 10.0 Å². The van der Waals surface area contributed by atoms with Crippen molar-refractivity contribution in [2.45, 2.75) is 6.92 Å². The molecule has 0 amide bonds. The quantitative estimate of drug-likeness (QED) is 0.209. The van der Waals surface area contributed by atoms with Crippen molar-refractivity contribution < 1.29 is 4.92 Å². The smallest absolute Gasteiger partial charge is 0.291 e. The van der Waals surface area contributed by atoms with E-state index in [0.717, 1.165) is 0 Å². The second-order valence-electron chi connectivity index (χ2n) is 6.34. The number of benzene rings is 2. The van der Waals surface area contributed by atoms with Gasteiger partial charge in [0.2, 0.25) is 5.13 Å². The minimum atomic E-state index is -0.472. The van der Waals surface area contributed by atoms with E-state index in [9.17, 15) is 14.9 Å². The van der Waals surface area contributed by atoms with Crippen LogP contribution in [0.3, 0.4) is 0 Å². The molecule has 0 saturated heterocycles. The van der Waals surface area contributed by atoms with E-state index in [1.54, 1.807) is 36.6 Å². The van der Waals surface area contributed by atoms with Crippen molar-refractivity contribution >= 4 is 51.6 Å². The van der Waals surface area contributed by atoms with Gasteiger partial charge in [-0.2, -0.15) is 4.68 Å². The van der Waals surface area contributed by atoms with Gasteiger partial charge >= 0.3 is 5.56 Å². The summed E-state index contributed by atoms with van der Waals surface area (Å²) >= 11 is 13.2. The molecule has 9 nitrogen and oxygen atoms in total. The van der Waals surface area contributed by atoms with Gasteiger partial charge in [-0.3, -0.25) is 20.0 Å². The summed E-state index contributed by atoms with van der Waals surface area (Å²) in [6.45, 7) is 1.69. The molecule has 4 aromatic rings. The van der Waals surface area contributed by atoms with Crippen molar-refractivity contribution in [3.63, 3.8) is 0 Å². The normalized spacial score (nSPS) is 11.3. The van der Waals surface area contributed by atoms with Crippen LogP contribution < -0.4 is 5.56 Å². The van der Waals surface area contributed by atoms with E-state index >= 15 is 0 Å². The standard InChI is InChI=1S/C19H12Cl2N6O3S/c1-10-17(24-23-15-6-5-12(20)8-14(15)21)18(28)26(25-10)19-22-16(9-31-19)11-3-2-4-13(7-11)27(29)30/h2-9,25H,1H3. The van der Waals surface area contributed by atoms with Crippen molar-refractivity contribution in [2.24, 2.45) is 10.2 Å².